The molecule has 0 saturated carbocycles. The smallest absolute Gasteiger partial charge is 0.342 e. The number of methoxy groups -OCH3 is 2. The van der Waals surface area contributed by atoms with E-state index < -0.39 is 5.97 Å². The summed E-state index contributed by atoms with van der Waals surface area (Å²) in [6.45, 7) is 1.10. The molecule has 2 heterocycles. The van der Waals surface area contributed by atoms with E-state index >= 15 is 0 Å². The molecule has 3 aromatic rings. The van der Waals surface area contributed by atoms with Crippen LogP contribution in [0.25, 0.3) is 10.2 Å². The second-order valence-electron chi connectivity index (χ2n) is 6.11. The summed E-state index contributed by atoms with van der Waals surface area (Å²) < 4.78 is 30.0. The van der Waals surface area contributed by atoms with E-state index in [9.17, 15) is 9.18 Å². The first-order valence-corrected chi connectivity index (χ1v) is 9.13. The molecule has 0 aliphatic carbocycles. The highest BCUT2D eigenvalue weighted by Crippen LogP contribution is 2.33. The molecular weight excluding hydrogens is 371 g/mol. The number of aromatic nitrogens is 1. The van der Waals surface area contributed by atoms with Gasteiger partial charge < -0.3 is 19.1 Å². The van der Waals surface area contributed by atoms with Crippen LogP contribution in [-0.2, 0) is 4.74 Å². The summed E-state index contributed by atoms with van der Waals surface area (Å²) in [7, 11) is 3.04. The van der Waals surface area contributed by atoms with E-state index in [1.165, 1.54) is 30.6 Å². The van der Waals surface area contributed by atoms with Crippen LogP contribution in [0, 0.1) is 5.82 Å². The molecule has 6 nitrogen and oxygen atoms in total. The molecule has 4 rings (SSSR count). The van der Waals surface area contributed by atoms with Crippen molar-refractivity contribution in [1.82, 2.24) is 4.98 Å². The van der Waals surface area contributed by atoms with E-state index in [4.69, 9.17) is 14.2 Å². The normalized spacial score (nSPS) is 14.1. The van der Waals surface area contributed by atoms with Crippen LogP contribution >= 0.6 is 11.3 Å². The Morgan fingerprint density at radius 2 is 2.00 bits per heavy atom. The molecule has 0 spiro atoms. The number of hydrogen-bond acceptors (Lipinski definition) is 7. The van der Waals surface area contributed by atoms with Crippen molar-refractivity contribution in [1.29, 1.82) is 0 Å². The van der Waals surface area contributed by atoms with E-state index in [-0.39, 0.29) is 11.9 Å². The highest BCUT2D eigenvalue weighted by Gasteiger charge is 2.33. The summed E-state index contributed by atoms with van der Waals surface area (Å²) in [6.07, 6.45) is -0.229. The van der Waals surface area contributed by atoms with Gasteiger partial charge in [0.15, 0.2) is 5.13 Å². The van der Waals surface area contributed by atoms with Gasteiger partial charge in [0.25, 0.3) is 0 Å². The van der Waals surface area contributed by atoms with Crippen molar-refractivity contribution >= 4 is 32.7 Å². The molecule has 140 valence electrons. The fourth-order valence-corrected chi connectivity index (χ4v) is 3.88. The number of ether oxygens (including phenoxy) is 3. The molecule has 1 aromatic heterocycles. The molecule has 8 heteroatoms. The third-order valence-corrected chi connectivity index (χ3v) is 5.44. The third-order valence-electron chi connectivity index (χ3n) is 4.36. The topological polar surface area (TPSA) is 60.9 Å². The Kier molecular flexibility index (Phi) is 4.57. The van der Waals surface area contributed by atoms with Crippen molar-refractivity contribution in [2.45, 2.75) is 6.10 Å². The number of benzene rings is 2. The number of thiazole rings is 1. The van der Waals surface area contributed by atoms with E-state index in [1.807, 2.05) is 4.90 Å². The number of carbonyl (C=O) groups is 1. The number of hydrogen-bond donors (Lipinski definition) is 0. The quantitative estimate of drug-likeness (QED) is 0.624. The fraction of sp³-hybridized carbons (Fsp3) is 0.263. The number of rotatable bonds is 5. The van der Waals surface area contributed by atoms with E-state index in [1.54, 1.807) is 31.4 Å². The maximum absolute atomic E-state index is 13.3. The fourth-order valence-electron chi connectivity index (χ4n) is 2.87. The van der Waals surface area contributed by atoms with Crippen LogP contribution in [0.4, 0.5) is 9.52 Å². The van der Waals surface area contributed by atoms with E-state index in [2.05, 4.69) is 4.98 Å². The zero-order valence-electron chi connectivity index (χ0n) is 14.8. The summed E-state index contributed by atoms with van der Waals surface area (Å²) in [4.78, 5) is 18.9. The Balaban J connectivity index is 1.40. The van der Waals surface area contributed by atoms with Gasteiger partial charge in [-0.3, -0.25) is 0 Å². The second kappa shape index (κ2) is 7.03. The minimum absolute atomic E-state index is 0.229. The molecule has 0 bridgehead atoms. The van der Waals surface area contributed by atoms with Crippen molar-refractivity contribution in [3.05, 3.63) is 47.8 Å². The summed E-state index contributed by atoms with van der Waals surface area (Å²) in [5.74, 6) is 0.293. The lowest BCUT2D eigenvalue weighted by Crippen LogP contribution is -2.53. The maximum Gasteiger partial charge on any atom is 0.342 e. The van der Waals surface area contributed by atoms with Crippen molar-refractivity contribution in [3.8, 4) is 11.5 Å². The van der Waals surface area contributed by atoms with Crippen molar-refractivity contribution < 1.29 is 23.4 Å². The number of anilines is 1. The Morgan fingerprint density at radius 1 is 1.19 bits per heavy atom. The monoisotopic (exact) mass is 388 g/mol. The molecule has 2 aromatic carbocycles. The van der Waals surface area contributed by atoms with Crippen LogP contribution in [0.5, 0.6) is 11.5 Å². The van der Waals surface area contributed by atoms with Crippen molar-refractivity contribution in [3.63, 3.8) is 0 Å². The van der Waals surface area contributed by atoms with Gasteiger partial charge in [-0.2, -0.15) is 0 Å². The number of carbonyl (C=O) groups excluding carboxylic acids is 1. The molecule has 0 unspecified atom stereocenters. The Labute approximate surface area is 159 Å². The van der Waals surface area contributed by atoms with Gasteiger partial charge in [-0.25, -0.2) is 14.2 Å². The van der Waals surface area contributed by atoms with Gasteiger partial charge in [-0.05, 0) is 30.3 Å². The molecule has 0 atom stereocenters. The molecule has 1 saturated heterocycles. The van der Waals surface area contributed by atoms with Gasteiger partial charge in [0.2, 0.25) is 0 Å². The van der Waals surface area contributed by atoms with Gasteiger partial charge in [-0.1, -0.05) is 11.3 Å². The minimum atomic E-state index is -0.439. The predicted molar refractivity (Wildman–Crippen MR) is 101 cm³/mol. The highest BCUT2D eigenvalue weighted by atomic mass is 32.1. The van der Waals surface area contributed by atoms with Crippen LogP contribution in [-0.4, -0.2) is 44.4 Å². The van der Waals surface area contributed by atoms with E-state index in [0.717, 1.165) is 15.3 Å². The van der Waals surface area contributed by atoms with Crippen LogP contribution in [0.15, 0.2) is 36.4 Å². The summed E-state index contributed by atoms with van der Waals surface area (Å²) in [5.41, 5.74) is 1.12. The SMILES string of the molecule is COc1ccc(C(=O)OC2CN(c3nc4ccc(F)cc4s3)C2)c(OC)c1. The number of fused-ring (bicyclic) bond motifs is 1. The first-order chi connectivity index (χ1) is 13.1. The first-order valence-electron chi connectivity index (χ1n) is 8.31. The molecule has 1 fully saturated rings. The van der Waals surface area contributed by atoms with Gasteiger partial charge in [-0.15, -0.1) is 0 Å². The molecule has 1 aliphatic rings. The van der Waals surface area contributed by atoms with Crippen LogP contribution in [0.2, 0.25) is 0 Å². The van der Waals surface area contributed by atoms with E-state index in [0.29, 0.717) is 30.2 Å². The molecular formula is C19H17FN2O4S. The zero-order chi connectivity index (χ0) is 19.0. The summed E-state index contributed by atoms with van der Waals surface area (Å²) in [5, 5.41) is 0.796. The molecule has 0 radical (unpaired) electrons. The van der Waals surface area contributed by atoms with Crippen molar-refractivity contribution in [2.24, 2.45) is 0 Å². The average molecular weight is 388 g/mol. The molecule has 27 heavy (non-hydrogen) atoms. The third kappa shape index (κ3) is 3.40. The number of halogens is 1. The minimum Gasteiger partial charge on any atom is -0.497 e. The Hall–Kier alpha value is -2.87. The first kappa shape index (κ1) is 17.5. The summed E-state index contributed by atoms with van der Waals surface area (Å²) >= 11 is 1.42. The highest BCUT2D eigenvalue weighted by molar-refractivity contribution is 7.22. The number of esters is 1. The van der Waals surface area contributed by atoms with Gasteiger partial charge >= 0.3 is 5.97 Å². The van der Waals surface area contributed by atoms with Crippen LogP contribution < -0.4 is 14.4 Å². The maximum atomic E-state index is 13.3. The lowest BCUT2D eigenvalue weighted by molar-refractivity contribution is 0.0231. The van der Waals surface area contributed by atoms with Crippen molar-refractivity contribution in [2.75, 3.05) is 32.2 Å². The van der Waals surface area contributed by atoms with Crippen LogP contribution in [0.3, 0.4) is 0 Å². The Bertz CT molecular complexity index is 1000. The van der Waals surface area contributed by atoms with Gasteiger partial charge in [0.1, 0.15) is 29.0 Å². The van der Waals surface area contributed by atoms with Gasteiger partial charge in [0, 0.05) is 6.07 Å². The predicted octanol–water partition coefficient (Wildman–Crippen LogP) is 3.50. The lowest BCUT2D eigenvalue weighted by atomic mass is 10.1. The molecule has 0 amide bonds. The number of nitrogens with zero attached hydrogens (tertiary/aromatic N) is 2. The molecule has 1 aliphatic heterocycles. The lowest BCUT2D eigenvalue weighted by Gasteiger charge is -2.38. The standard InChI is InChI=1S/C19H17FN2O4S/c1-24-12-4-5-14(16(8-12)25-2)18(23)26-13-9-22(10-13)19-21-15-6-3-11(20)7-17(15)27-19/h3-8,13H,9-10H2,1-2H3. The Morgan fingerprint density at radius 3 is 2.74 bits per heavy atom. The zero-order valence-corrected chi connectivity index (χ0v) is 15.6. The average Bonchev–Trinajstić information content (AvgIpc) is 3.05. The molecule has 0 N–H and O–H groups in total. The summed E-state index contributed by atoms with van der Waals surface area (Å²) in [6, 6.07) is 9.49. The van der Waals surface area contributed by atoms with Crippen LogP contribution in [0.1, 0.15) is 10.4 Å². The largest absolute Gasteiger partial charge is 0.497 e. The van der Waals surface area contributed by atoms with Gasteiger partial charge in [0.05, 0.1) is 37.5 Å². The second-order valence-corrected chi connectivity index (χ2v) is 7.12.